The molecule has 0 aliphatic heterocycles. The van der Waals surface area contributed by atoms with E-state index in [0.29, 0.717) is 5.41 Å². The summed E-state index contributed by atoms with van der Waals surface area (Å²) in [6.45, 7) is 10.3. The molecule has 3 heteroatoms. The largest absolute Gasteiger partial charge is 0.693 e. The van der Waals surface area contributed by atoms with E-state index in [1.165, 1.54) is 0 Å². The molecule has 0 unspecified atom stereocenters. The molecule has 0 saturated heterocycles. The molecule has 0 aromatic carbocycles. The summed E-state index contributed by atoms with van der Waals surface area (Å²) in [5.41, 5.74) is 0.431. The number of nitrogens with two attached hydrogens (primary N) is 1. The van der Waals surface area contributed by atoms with Gasteiger partial charge in [-0.2, -0.15) is 6.42 Å². The SMILES string of the molecule is [CH2-]CC(C)(C)C.[NH2-].[W].[Y]. The van der Waals surface area contributed by atoms with Gasteiger partial charge in [-0.1, -0.05) is 26.2 Å². The average Bonchev–Trinajstić information content (AvgIpc) is 1.35. The molecule has 0 atom stereocenters. The topological polar surface area (TPSA) is 33.5 Å². The third-order valence-corrected chi connectivity index (χ3v) is 0.750. The summed E-state index contributed by atoms with van der Waals surface area (Å²) in [6.07, 6.45) is 1.02. The first-order valence-corrected chi connectivity index (χ1v) is 2.35. The van der Waals surface area contributed by atoms with Crippen LogP contribution < -0.4 is 0 Å². The molecule has 0 rings (SSSR count). The monoisotopic (exact) mass is 374 g/mol. The maximum absolute atomic E-state index is 3.76. The minimum atomic E-state index is 0. The maximum Gasteiger partial charge on any atom is 0 e. The summed E-state index contributed by atoms with van der Waals surface area (Å²) < 4.78 is 0. The third kappa shape index (κ3) is 26.0. The van der Waals surface area contributed by atoms with Gasteiger partial charge in [0.05, 0.1) is 0 Å². The molecule has 9 heavy (non-hydrogen) atoms. The van der Waals surface area contributed by atoms with Crippen molar-refractivity contribution in [3.63, 3.8) is 0 Å². The Bertz CT molecular complexity index is 42.8. The van der Waals surface area contributed by atoms with Crippen LogP contribution in [0.2, 0.25) is 0 Å². The summed E-state index contributed by atoms with van der Waals surface area (Å²) in [6, 6.07) is 0. The molecule has 0 heterocycles. The molecular formula is C6H15NWY-2. The van der Waals surface area contributed by atoms with Crippen LogP contribution in [0.4, 0.5) is 0 Å². The zero-order valence-corrected chi connectivity index (χ0v) is 12.2. The van der Waals surface area contributed by atoms with Crippen LogP contribution >= 0.6 is 0 Å². The molecular weight excluding hydrogens is 359 g/mol. The van der Waals surface area contributed by atoms with E-state index in [2.05, 4.69) is 27.7 Å². The van der Waals surface area contributed by atoms with E-state index >= 15 is 0 Å². The molecule has 0 saturated carbocycles. The van der Waals surface area contributed by atoms with Gasteiger partial charge in [0.1, 0.15) is 0 Å². The van der Waals surface area contributed by atoms with Crippen molar-refractivity contribution in [2.75, 3.05) is 0 Å². The van der Waals surface area contributed by atoms with E-state index in [1.807, 2.05) is 0 Å². The van der Waals surface area contributed by atoms with Gasteiger partial charge >= 0.3 is 0 Å². The Morgan fingerprint density at radius 1 is 1.22 bits per heavy atom. The Hall–Kier alpha value is 1.75. The zero-order valence-electron chi connectivity index (χ0n) is 6.48. The quantitative estimate of drug-likeness (QED) is 0.585. The van der Waals surface area contributed by atoms with Gasteiger partial charge in [-0.25, -0.2) is 0 Å². The molecule has 1 nitrogen and oxygen atoms in total. The van der Waals surface area contributed by atoms with Gasteiger partial charge in [0.25, 0.3) is 0 Å². The van der Waals surface area contributed by atoms with Crippen LogP contribution in [0.3, 0.4) is 0 Å². The van der Waals surface area contributed by atoms with Crippen LogP contribution in [-0.2, 0) is 53.8 Å². The molecule has 0 aliphatic carbocycles. The second-order valence-electron chi connectivity index (χ2n) is 2.81. The first-order chi connectivity index (χ1) is 2.56. The van der Waals surface area contributed by atoms with Crippen LogP contribution in [0.5, 0.6) is 0 Å². The minimum absolute atomic E-state index is 0. The smallest absolute Gasteiger partial charge is 0 e. The van der Waals surface area contributed by atoms with Crippen molar-refractivity contribution in [2.45, 2.75) is 27.2 Å². The molecule has 0 aliphatic rings. The first-order valence-electron chi connectivity index (χ1n) is 2.35. The van der Waals surface area contributed by atoms with Gasteiger partial charge in [0.2, 0.25) is 0 Å². The molecule has 0 bridgehead atoms. The standard InChI is InChI=1S/C6H13.H2N.W.Y/c1-5-6(2,3)4;;;/h1,5H2,2-4H3;1H2;;/q2*-1;;. The van der Waals surface area contributed by atoms with Crippen molar-refractivity contribution < 1.29 is 53.8 Å². The second kappa shape index (κ2) is 9.75. The fourth-order valence-electron chi connectivity index (χ4n) is 0. The van der Waals surface area contributed by atoms with Crippen LogP contribution in [-0.4, -0.2) is 0 Å². The average molecular weight is 374 g/mol. The predicted molar refractivity (Wildman–Crippen MR) is 34.7 cm³/mol. The van der Waals surface area contributed by atoms with E-state index in [-0.39, 0.29) is 59.9 Å². The van der Waals surface area contributed by atoms with Crippen LogP contribution in [0.15, 0.2) is 0 Å². The van der Waals surface area contributed by atoms with E-state index in [4.69, 9.17) is 0 Å². The molecule has 2 N–H and O–H groups in total. The zero-order chi connectivity index (χ0) is 5.21. The minimum Gasteiger partial charge on any atom is -0.693 e. The van der Waals surface area contributed by atoms with Gasteiger partial charge < -0.3 is 13.1 Å². The predicted octanol–water partition coefficient (Wildman–Crippen LogP) is 2.97. The van der Waals surface area contributed by atoms with E-state index in [1.54, 1.807) is 0 Å². The van der Waals surface area contributed by atoms with Crippen LogP contribution in [0.25, 0.3) is 6.15 Å². The molecule has 0 spiro atoms. The van der Waals surface area contributed by atoms with Crippen molar-refractivity contribution in [1.82, 2.24) is 0 Å². The molecule has 0 aromatic rings. The van der Waals surface area contributed by atoms with Gasteiger partial charge in [0.15, 0.2) is 0 Å². The molecule has 0 amide bonds. The normalized spacial score (nSPS) is 8.00. The summed E-state index contributed by atoms with van der Waals surface area (Å²) >= 11 is 0. The summed E-state index contributed by atoms with van der Waals surface area (Å²) in [4.78, 5) is 0. The Labute approximate surface area is 98.5 Å². The number of rotatable bonds is 0. The van der Waals surface area contributed by atoms with Gasteiger partial charge in [-0.3, -0.25) is 0 Å². The summed E-state index contributed by atoms with van der Waals surface area (Å²) in [7, 11) is 0. The fraction of sp³-hybridized carbons (Fsp3) is 0.833. The van der Waals surface area contributed by atoms with Crippen molar-refractivity contribution in [3.05, 3.63) is 13.1 Å². The van der Waals surface area contributed by atoms with Crippen molar-refractivity contribution >= 4 is 0 Å². The molecule has 0 fully saturated rings. The Balaban J connectivity index is -0.0000000417. The van der Waals surface area contributed by atoms with Crippen LogP contribution in [0.1, 0.15) is 27.2 Å². The van der Waals surface area contributed by atoms with Gasteiger partial charge in [-0.05, 0) is 0 Å². The first kappa shape index (κ1) is 22.4. The fourth-order valence-corrected chi connectivity index (χ4v) is 0. The van der Waals surface area contributed by atoms with Crippen molar-refractivity contribution in [1.29, 1.82) is 0 Å². The molecule has 55 valence electrons. The Morgan fingerprint density at radius 3 is 1.33 bits per heavy atom. The molecule has 1 radical (unpaired) electrons. The van der Waals surface area contributed by atoms with Gasteiger partial charge in [-0.15, -0.1) is 0 Å². The Kier molecular flexibility index (Phi) is 24.3. The Morgan fingerprint density at radius 2 is 1.33 bits per heavy atom. The summed E-state index contributed by atoms with van der Waals surface area (Å²) in [5.74, 6) is 0. The third-order valence-electron chi connectivity index (χ3n) is 0.750. The van der Waals surface area contributed by atoms with Crippen molar-refractivity contribution in [3.8, 4) is 0 Å². The second-order valence-corrected chi connectivity index (χ2v) is 2.81. The van der Waals surface area contributed by atoms with Gasteiger partial charge in [0, 0.05) is 53.8 Å². The van der Waals surface area contributed by atoms with E-state index in [0.717, 1.165) is 6.42 Å². The number of hydrogen-bond acceptors (Lipinski definition) is 0. The number of hydrogen-bond donors (Lipinski definition) is 0. The maximum atomic E-state index is 3.76. The van der Waals surface area contributed by atoms with Crippen molar-refractivity contribution in [2.24, 2.45) is 5.41 Å². The van der Waals surface area contributed by atoms with Crippen LogP contribution in [0, 0.1) is 12.3 Å². The van der Waals surface area contributed by atoms with E-state index in [9.17, 15) is 0 Å². The summed E-state index contributed by atoms with van der Waals surface area (Å²) in [5, 5.41) is 0. The van der Waals surface area contributed by atoms with E-state index < -0.39 is 0 Å². The molecule has 0 aromatic heterocycles.